The van der Waals surface area contributed by atoms with Crippen LogP contribution < -0.4 is 14.8 Å². The zero-order chi connectivity index (χ0) is 16.2. The highest BCUT2D eigenvalue weighted by Crippen LogP contribution is 2.38. The number of hydrogen-bond acceptors (Lipinski definition) is 3. The molecule has 0 aromatic heterocycles. The van der Waals surface area contributed by atoms with Gasteiger partial charge < -0.3 is 14.8 Å². The zero-order valence-corrected chi connectivity index (χ0v) is 13.4. The van der Waals surface area contributed by atoms with Gasteiger partial charge in [-0.2, -0.15) is 0 Å². The highest BCUT2D eigenvalue weighted by molar-refractivity contribution is 5.94. The maximum atomic E-state index is 11.9. The third-order valence-electron chi connectivity index (χ3n) is 3.94. The molecule has 2 aromatic rings. The van der Waals surface area contributed by atoms with Crippen LogP contribution in [0.2, 0.25) is 0 Å². The fourth-order valence-electron chi connectivity index (χ4n) is 2.44. The topological polar surface area (TPSA) is 47.6 Å². The van der Waals surface area contributed by atoms with Gasteiger partial charge in [0.05, 0.1) is 6.61 Å². The molecule has 1 amide bonds. The minimum Gasteiger partial charge on any atom is -0.494 e. The SMILES string of the molecule is CCOc1ccc(Oc2ccc(NC(=O)[C@H]3C[C@H]3C)cc2)cc1. The molecule has 3 rings (SSSR count). The lowest BCUT2D eigenvalue weighted by molar-refractivity contribution is -0.117. The summed E-state index contributed by atoms with van der Waals surface area (Å²) in [6.07, 6.45) is 0.991. The van der Waals surface area contributed by atoms with Gasteiger partial charge in [0.15, 0.2) is 0 Å². The monoisotopic (exact) mass is 311 g/mol. The number of anilines is 1. The Balaban J connectivity index is 1.57. The summed E-state index contributed by atoms with van der Waals surface area (Å²) in [7, 11) is 0. The van der Waals surface area contributed by atoms with Gasteiger partial charge in [-0.25, -0.2) is 0 Å². The van der Waals surface area contributed by atoms with Crippen molar-refractivity contribution in [3.05, 3.63) is 48.5 Å². The van der Waals surface area contributed by atoms with Crippen LogP contribution in [0.5, 0.6) is 17.2 Å². The molecule has 120 valence electrons. The molecule has 0 heterocycles. The number of hydrogen-bond donors (Lipinski definition) is 1. The van der Waals surface area contributed by atoms with Crippen LogP contribution in [-0.2, 0) is 4.79 Å². The number of carbonyl (C=O) groups is 1. The van der Waals surface area contributed by atoms with Crippen molar-refractivity contribution in [1.29, 1.82) is 0 Å². The first-order valence-corrected chi connectivity index (χ1v) is 7.97. The van der Waals surface area contributed by atoms with E-state index in [2.05, 4.69) is 12.2 Å². The molecule has 4 heteroatoms. The lowest BCUT2D eigenvalue weighted by atomic mass is 10.2. The standard InChI is InChI=1S/C19H21NO3/c1-3-22-15-8-10-17(11-9-15)23-16-6-4-14(5-7-16)20-19(21)18-12-13(18)2/h4-11,13,18H,3,12H2,1-2H3,(H,20,21)/t13-,18+/m1/s1. The molecule has 1 aliphatic rings. The summed E-state index contributed by atoms with van der Waals surface area (Å²) in [6.45, 7) is 4.69. The van der Waals surface area contributed by atoms with Crippen molar-refractivity contribution in [1.82, 2.24) is 0 Å². The second-order valence-corrected chi connectivity index (χ2v) is 5.84. The van der Waals surface area contributed by atoms with Gasteiger partial charge in [-0.05, 0) is 67.8 Å². The smallest absolute Gasteiger partial charge is 0.227 e. The summed E-state index contributed by atoms with van der Waals surface area (Å²) in [5, 5.41) is 2.94. The molecule has 0 unspecified atom stereocenters. The van der Waals surface area contributed by atoms with Crippen LogP contribution in [0.25, 0.3) is 0 Å². The van der Waals surface area contributed by atoms with E-state index in [0.29, 0.717) is 12.5 Å². The van der Waals surface area contributed by atoms with E-state index in [1.807, 2.05) is 55.5 Å². The van der Waals surface area contributed by atoms with Gasteiger partial charge in [0.25, 0.3) is 0 Å². The minimum atomic E-state index is 0.109. The third-order valence-corrected chi connectivity index (χ3v) is 3.94. The summed E-state index contributed by atoms with van der Waals surface area (Å²) >= 11 is 0. The first-order chi connectivity index (χ1) is 11.2. The lowest BCUT2D eigenvalue weighted by Crippen LogP contribution is -2.14. The number of amides is 1. The average molecular weight is 311 g/mol. The van der Waals surface area contributed by atoms with Crippen molar-refractivity contribution < 1.29 is 14.3 Å². The van der Waals surface area contributed by atoms with Crippen molar-refractivity contribution in [3.8, 4) is 17.2 Å². The van der Waals surface area contributed by atoms with Crippen LogP contribution in [0, 0.1) is 11.8 Å². The van der Waals surface area contributed by atoms with Gasteiger partial charge in [0.2, 0.25) is 5.91 Å². The molecule has 0 bridgehead atoms. The molecule has 4 nitrogen and oxygen atoms in total. The number of carbonyl (C=O) groups excluding carboxylic acids is 1. The van der Waals surface area contributed by atoms with E-state index in [1.165, 1.54) is 0 Å². The first-order valence-electron chi connectivity index (χ1n) is 7.97. The summed E-state index contributed by atoms with van der Waals surface area (Å²) in [5.74, 6) is 3.10. The van der Waals surface area contributed by atoms with Crippen molar-refractivity contribution in [2.45, 2.75) is 20.3 Å². The summed E-state index contributed by atoms with van der Waals surface area (Å²) in [5.41, 5.74) is 0.799. The van der Waals surface area contributed by atoms with Crippen LogP contribution in [0.3, 0.4) is 0 Å². The highest BCUT2D eigenvalue weighted by Gasteiger charge is 2.38. The Labute approximate surface area is 136 Å². The van der Waals surface area contributed by atoms with E-state index in [-0.39, 0.29) is 11.8 Å². The van der Waals surface area contributed by atoms with Gasteiger partial charge in [-0.1, -0.05) is 6.92 Å². The molecule has 2 atom stereocenters. The molecule has 23 heavy (non-hydrogen) atoms. The van der Waals surface area contributed by atoms with E-state index in [0.717, 1.165) is 29.4 Å². The van der Waals surface area contributed by atoms with Crippen molar-refractivity contribution in [2.24, 2.45) is 11.8 Å². The fourth-order valence-corrected chi connectivity index (χ4v) is 2.44. The van der Waals surface area contributed by atoms with E-state index in [9.17, 15) is 4.79 Å². The molecule has 0 spiro atoms. The molecule has 1 fully saturated rings. The minimum absolute atomic E-state index is 0.109. The number of benzene rings is 2. The van der Waals surface area contributed by atoms with Crippen LogP contribution in [-0.4, -0.2) is 12.5 Å². The summed E-state index contributed by atoms with van der Waals surface area (Å²) < 4.78 is 11.2. The summed E-state index contributed by atoms with van der Waals surface area (Å²) in [6, 6.07) is 14.9. The van der Waals surface area contributed by atoms with Crippen LogP contribution >= 0.6 is 0 Å². The quantitative estimate of drug-likeness (QED) is 0.856. The number of nitrogens with one attached hydrogen (secondary N) is 1. The Hall–Kier alpha value is -2.49. The second kappa shape index (κ2) is 6.73. The zero-order valence-electron chi connectivity index (χ0n) is 13.4. The third kappa shape index (κ3) is 4.03. The maximum absolute atomic E-state index is 11.9. The van der Waals surface area contributed by atoms with Gasteiger partial charge in [0.1, 0.15) is 17.2 Å². The van der Waals surface area contributed by atoms with Gasteiger partial charge in [0, 0.05) is 11.6 Å². The first kappa shape index (κ1) is 15.4. The van der Waals surface area contributed by atoms with E-state index in [4.69, 9.17) is 9.47 Å². The Kier molecular flexibility index (Phi) is 4.51. The predicted molar refractivity (Wildman–Crippen MR) is 90.0 cm³/mol. The summed E-state index contributed by atoms with van der Waals surface area (Å²) in [4.78, 5) is 11.9. The second-order valence-electron chi connectivity index (χ2n) is 5.84. The Morgan fingerprint density at radius 2 is 1.57 bits per heavy atom. The number of rotatable bonds is 6. The Bertz CT molecular complexity index is 664. The van der Waals surface area contributed by atoms with Crippen LogP contribution in [0.15, 0.2) is 48.5 Å². The normalized spacial score (nSPS) is 19.0. The molecule has 1 aliphatic carbocycles. The number of ether oxygens (including phenoxy) is 2. The molecule has 1 N–H and O–H groups in total. The van der Waals surface area contributed by atoms with E-state index < -0.39 is 0 Å². The van der Waals surface area contributed by atoms with E-state index in [1.54, 1.807) is 0 Å². The van der Waals surface area contributed by atoms with E-state index >= 15 is 0 Å². The Morgan fingerprint density at radius 1 is 1.04 bits per heavy atom. The lowest BCUT2D eigenvalue weighted by Gasteiger charge is -2.09. The molecular weight excluding hydrogens is 290 g/mol. The largest absolute Gasteiger partial charge is 0.494 e. The van der Waals surface area contributed by atoms with Crippen molar-refractivity contribution in [3.63, 3.8) is 0 Å². The molecule has 1 saturated carbocycles. The van der Waals surface area contributed by atoms with Crippen LogP contribution in [0.1, 0.15) is 20.3 Å². The molecule has 0 radical (unpaired) electrons. The average Bonchev–Trinajstić information content (AvgIpc) is 3.28. The maximum Gasteiger partial charge on any atom is 0.227 e. The predicted octanol–water partition coefficient (Wildman–Crippen LogP) is 4.47. The molecular formula is C19H21NO3. The fraction of sp³-hybridized carbons (Fsp3) is 0.316. The van der Waals surface area contributed by atoms with Gasteiger partial charge in [-0.3, -0.25) is 4.79 Å². The van der Waals surface area contributed by atoms with Gasteiger partial charge >= 0.3 is 0 Å². The highest BCUT2D eigenvalue weighted by atomic mass is 16.5. The molecule has 0 saturated heterocycles. The van der Waals surface area contributed by atoms with Crippen molar-refractivity contribution in [2.75, 3.05) is 11.9 Å². The van der Waals surface area contributed by atoms with Gasteiger partial charge in [-0.15, -0.1) is 0 Å². The van der Waals surface area contributed by atoms with Crippen molar-refractivity contribution >= 4 is 11.6 Å². The molecule has 2 aromatic carbocycles. The molecule has 0 aliphatic heterocycles. The Morgan fingerprint density at radius 3 is 2.09 bits per heavy atom. The van der Waals surface area contributed by atoms with Crippen LogP contribution in [0.4, 0.5) is 5.69 Å².